The SMILES string of the molecule is CS(=O)(=O)C1CCCC1NCC1CCSC1. The molecule has 2 rings (SSSR count). The summed E-state index contributed by atoms with van der Waals surface area (Å²) < 4.78 is 23.2. The Morgan fingerprint density at radius 2 is 2.12 bits per heavy atom. The molecule has 2 fully saturated rings. The minimum Gasteiger partial charge on any atom is -0.312 e. The van der Waals surface area contributed by atoms with Gasteiger partial charge >= 0.3 is 0 Å². The molecule has 0 amide bonds. The number of sulfone groups is 1. The second-order valence-electron chi connectivity index (χ2n) is 5.04. The summed E-state index contributed by atoms with van der Waals surface area (Å²) in [5, 5.41) is 3.35. The van der Waals surface area contributed by atoms with E-state index < -0.39 is 9.84 Å². The smallest absolute Gasteiger partial charge is 0.151 e. The summed E-state index contributed by atoms with van der Waals surface area (Å²) in [6.45, 7) is 1.00. The summed E-state index contributed by atoms with van der Waals surface area (Å²) in [5.74, 6) is 3.27. The van der Waals surface area contributed by atoms with Gasteiger partial charge in [0.25, 0.3) is 0 Å². The van der Waals surface area contributed by atoms with Gasteiger partial charge in [-0.1, -0.05) is 6.42 Å². The topological polar surface area (TPSA) is 46.2 Å². The lowest BCUT2D eigenvalue weighted by Crippen LogP contribution is -2.42. The van der Waals surface area contributed by atoms with E-state index in [-0.39, 0.29) is 11.3 Å². The van der Waals surface area contributed by atoms with Gasteiger partial charge in [0, 0.05) is 12.3 Å². The van der Waals surface area contributed by atoms with Gasteiger partial charge in [-0.15, -0.1) is 0 Å². The Morgan fingerprint density at radius 1 is 1.31 bits per heavy atom. The molecule has 1 saturated carbocycles. The van der Waals surface area contributed by atoms with Gasteiger partial charge in [0.1, 0.15) is 0 Å². The van der Waals surface area contributed by atoms with E-state index in [4.69, 9.17) is 0 Å². The maximum atomic E-state index is 11.6. The van der Waals surface area contributed by atoms with E-state index in [1.807, 2.05) is 11.8 Å². The van der Waals surface area contributed by atoms with Crippen molar-refractivity contribution in [3.05, 3.63) is 0 Å². The number of rotatable bonds is 4. The van der Waals surface area contributed by atoms with Crippen molar-refractivity contribution in [3.8, 4) is 0 Å². The van der Waals surface area contributed by atoms with Crippen LogP contribution in [-0.4, -0.2) is 44.0 Å². The third kappa shape index (κ3) is 3.14. The fraction of sp³-hybridized carbons (Fsp3) is 1.00. The highest BCUT2D eigenvalue weighted by atomic mass is 32.2. The standard InChI is InChI=1S/C11H21NO2S2/c1-16(13,14)11-4-2-3-10(11)12-7-9-5-6-15-8-9/h9-12H,2-8H2,1H3. The van der Waals surface area contributed by atoms with Crippen molar-refractivity contribution in [2.45, 2.75) is 37.0 Å². The van der Waals surface area contributed by atoms with Crippen molar-refractivity contribution < 1.29 is 8.42 Å². The van der Waals surface area contributed by atoms with Gasteiger partial charge in [-0.2, -0.15) is 11.8 Å². The molecule has 1 heterocycles. The maximum Gasteiger partial charge on any atom is 0.151 e. The number of thioether (sulfide) groups is 1. The van der Waals surface area contributed by atoms with Crippen LogP contribution in [0.1, 0.15) is 25.7 Å². The van der Waals surface area contributed by atoms with E-state index in [1.54, 1.807) is 0 Å². The fourth-order valence-corrected chi connectivity index (χ4v) is 5.44. The zero-order chi connectivity index (χ0) is 11.6. The monoisotopic (exact) mass is 263 g/mol. The Balaban J connectivity index is 1.84. The molecular formula is C11H21NO2S2. The number of hydrogen-bond acceptors (Lipinski definition) is 4. The quantitative estimate of drug-likeness (QED) is 0.830. The fourth-order valence-electron chi connectivity index (χ4n) is 2.73. The van der Waals surface area contributed by atoms with Crippen molar-refractivity contribution in [1.29, 1.82) is 0 Å². The molecule has 1 N–H and O–H groups in total. The van der Waals surface area contributed by atoms with Crippen LogP contribution in [0.25, 0.3) is 0 Å². The first-order valence-corrected chi connectivity index (χ1v) is 9.18. The molecule has 0 aromatic heterocycles. The minimum absolute atomic E-state index is 0.137. The lowest BCUT2D eigenvalue weighted by molar-refractivity contribution is 0.450. The van der Waals surface area contributed by atoms with Gasteiger partial charge in [-0.3, -0.25) is 0 Å². The van der Waals surface area contributed by atoms with Crippen LogP contribution in [0.2, 0.25) is 0 Å². The summed E-state index contributed by atoms with van der Waals surface area (Å²) in [4.78, 5) is 0. The highest BCUT2D eigenvalue weighted by Gasteiger charge is 2.34. The molecule has 3 atom stereocenters. The Morgan fingerprint density at radius 3 is 2.75 bits per heavy atom. The Kier molecular flexibility index (Phi) is 4.19. The predicted octanol–water partition coefficient (Wildman–Crippen LogP) is 1.29. The molecule has 0 spiro atoms. The zero-order valence-corrected chi connectivity index (χ0v) is 11.4. The van der Waals surface area contributed by atoms with Crippen LogP contribution >= 0.6 is 11.8 Å². The van der Waals surface area contributed by atoms with Gasteiger partial charge in [0.2, 0.25) is 0 Å². The lowest BCUT2D eigenvalue weighted by Gasteiger charge is -2.21. The summed E-state index contributed by atoms with van der Waals surface area (Å²) >= 11 is 2.01. The molecule has 1 saturated heterocycles. The Labute approximate surface area is 103 Å². The lowest BCUT2D eigenvalue weighted by atomic mass is 10.1. The van der Waals surface area contributed by atoms with E-state index in [0.717, 1.165) is 31.7 Å². The third-order valence-electron chi connectivity index (χ3n) is 3.70. The van der Waals surface area contributed by atoms with Gasteiger partial charge in [-0.05, 0) is 43.2 Å². The summed E-state index contributed by atoms with van der Waals surface area (Å²) in [6, 6.07) is 0.209. The minimum atomic E-state index is -2.87. The Bertz CT molecular complexity index is 323. The van der Waals surface area contributed by atoms with Crippen LogP contribution in [0.5, 0.6) is 0 Å². The second kappa shape index (κ2) is 5.27. The maximum absolute atomic E-state index is 11.6. The van der Waals surface area contributed by atoms with Crippen molar-refractivity contribution in [1.82, 2.24) is 5.32 Å². The van der Waals surface area contributed by atoms with Gasteiger partial charge < -0.3 is 5.32 Å². The number of hydrogen-bond donors (Lipinski definition) is 1. The third-order valence-corrected chi connectivity index (χ3v) is 6.59. The highest BCUT2D eigenvalue weighted by Crippen LogP contribution is 2.27. The normalized spacial score (nSPS) is 35.7. The molecule has 0 aromatic carbocycles. The Hall–Kier alpha value is 0.260. The molecule has 3 nitrogen and oxygen atoms in total. The zero-order valence-electron chi connectivity index (χ0n) is 9.81. The first-order chi connectivity index (χ1) is 7.57. The van der Waals surface area contributed by atoms with Gasteiger partial charge in [-0.25, -0.2) is 8.42 Å². The molecule has 0 radical (unpaired) electrons. The number of nitrogens with one attached hydrogen (secondary N) is 1. The molecule has 94 valence electrons. The van der Waals surface area contributed by atoms with E-state index in [0.29, 0.717) is 0 Å². The highest BCUT2D eigenvalue weighted by molar-refractivity contribution is 7.99. The first kappa shape index (κ1) is 12.7. The molecule has 1 aliphatic heterocycles. The van der Waals surface area contributed by atoms with Crippen LogP contribution in [0, 0.1) is 5.92 Å². The first-order valence-electron chi connectivity index (χ1n) is 6.07. The summed E-state index contributed by atoms with van der Waals surface area (Å²) in [7, 11) is -2.87. The average molecular weight is 263 g/mol. The molecule has 0 aromatic rings. The van der Waals surface area contributed by atoms with Gasteiger partial charge in [0.15, 0.2) is 9.84 Å². The summed E-state index contributed by atoms with van der Waals surface area (Å²) in [5.41, 5.74) is 0. The largest absolute Gasteiger partial charge is 0.312 e. The van der Waals surface area contributed by atoms with Crippen molar-refractivity contribution in [3.63, 3.8) is 0 Å². The predicted molar refractivity (Wildman–Crippen MR) is 69.7 cm³/mol. The van der Waals surface area contributed by atoms with Crippen LogP contribution < -0.4 is 5.32 Å². The summed E-state index contributed by atoms with van der Waals surface area (Å²) in [6.07, 6.45) is 5.58. The van der Waals surface area contributed by atoms with E-state index >= 15 is 0 Å². The van der Waals surface area contributed by atoms with Crippen molar-refractivity contribution >= 4 is 21.6 Å². The molecule has 3 unspecified atom stereocenters. The average Bonchev–Trinajstić information content (AvgIpc) is 2.85. The van der Waals surface area contributed by atoms with Gasteiger partial charge in [0.05, 0.1) is 5.25 Å². The molecule has 1 aliphatic carbocycles. The van der Waals surface area contributed by atoms with Crippen LogP contribution in [0.3, 0.4) is 0 Å². The van der Waals surface area contributed by atoms with E-state index in [1.165, 1.54) is 24.2 Å². The van der Waals surface area contributed by atoms with Crippen LogP contribution in [0.15, 0.2) is 0 Å². The van der Waals surface area contributed by atoms with E-state index in [9.17, 15) is 8.42 Å². The van der Waals surface area contributed by atoms with Crippen molar-refractivity contribution in [2.24, 2.45) is 5.92 Å². The molecule has 0 bridgehead atoms. The molecule has 16 heavy (non-hydrogen) atoms. The molecule has 5 heteroatoms. The molecular weight excluding hydrogens is 242 g/mol. The van der Waals surface area contributed by atoms with Crippen molar-refractivity contribution in [2.75, 3.05) is 24.3 Å². The second-order valence-corrected chi connectivity index (χ2v) is 8.46. The van der Waals surface area contributed by atoms with E-state index in [2.05, 4.69) is 5.32 Å². The van der Waals surface area contributed by atoms with Crippen LogP contribution in [-0.2, 0) is 9.84 Å². The van der Waals surface area contributed by atoms with Crippen LogP contribution in [0.4, 0.5) is 0 Å². The molecule has 2 aliphatic rings.